The highest BCUT2D eigenvalue weighted by molar-refractivity contribution is 8.06. The molecule has 0 bridgehead atoms. The molecule has 4 nitrogen and oxygen atoms in total. The number of rotatable bonds is 6. The second-order valence-electron chi connectivity index (χ2n) is 4.57. The first-order valence-electron chi connectivity index (χ1n) is 6.80. The molecular formula is C13H22N4S2. The van der Waals surface area contributed by atoms with Gasteiger partial charge in [0.1, 0.15) is 18.0 Å². The van der Waals surface area contributed by atoms with E-state index in [1.54, 1.807) is 6.33 Å². The second-order valence-corrected chi connectivity index (χ2v) is 7.13. The molecule has 0 radical (unpaired) electrons. The molecule has 1 aromatic heterocycles. The number of aromatic nitrogens is 2. The summed E-state index contributed by atoms with van der Waals surface area (Å²) in [6, 6.07) is 0. The zero-order chi connectivity index (χ0) is 13.5. The maximum atomic E-state index is 4.35. The van der Waals surface area contributed by atoms with Crippen LogP contribution in [-0.2, 0) is 0 Å². The van der Waals surface area contributed by atoms with Crippen molar-refractivity contribution in [3.63, 3.8) is 0 Å². The Morgan fingerprint density at radius 2 is 2.05 bits per heavy atom. The van der Waals surface area contributed by atoms with Crippen LogP contribution in [0.2, 0.25) is 0 Å². The third-order valence-corrected chi connectivity index (χ3v) is 5.85. The molecular weight excluding hydrogens is 276 g/mol. The van der Waals surface area contributed by atoms with E-state index < -0.39 is 0 Å². The van der Waals surface area contributed by atoms with Gasteiger partial charge < -0.3 is 10.6 Å². The number of hydrogen-bond donors (Lipinski definition) is 2. The second kappa shape index (κ2) is 7.85. The summed E-state index contributed by atoms with van der Waals surface area (Å²) in [5.41, 5.74) is 1.12. The van der Waals surface area contributed by atoms with Gasteiger partial charge in [-0.05, 0) is 13.3 Å². The SMILES string of the molecule is CCCNc1ncnc(NCC2CSCCS2)c1C. The first-order chi connectivity index (χ1) is 9.31. The molecule has 1 saturated heterocycles. The number of thioether (sulfide) groups is 2. The monoisotopic (exact) mass is 298 g/mol. The lowest BCUT2D eigenvalue weighted by atomic mass is 10.3. The Hall–Kier alpha value is -0.620. The lowest BCUT2D eigenvalue weighted by molar-refractivity contribution is 0.950. The van der Waals surface area contributed by atoms with E-state index in [9.17, 15) is 0 Å². The third kappa shape index (κ3) is 4.45. The zero-order valence-electron chi connectivity index (χ0n) is 11.6. The molecule has 2 heterocycles. The van der Waals surface area contributed by atoms with E-state index in [1.807, 2.05) is 0 Å². The van der Waals surface area contributed by atoms with E-state index in [0.717, 1.165) is 36.7 Å². The Kier molecular flexibility index (Phi) is 6.10. The van der Waals surface area contributed by atoms with E-state index in [-0.39, 0.29) is 0 Å². The van der Waals surface area contributed by atoms with Gasteiger partial charge in [0.15, 0.2) is 0 Å². The van der Waals surface area contributed by atoms with Crippen LogP contribution in [-0.4, -0.2) is 45.6 Å². The number of nitrogens with one attached hydrogen (secondary N) is 2. The topological polar surface area (TPSA) is 49.8 Å². The molecule has 1 aliphatic rings. The van der Waals surface area contributed by atoms with E-state index in [0.29, 0.717) is 5.25 Å². The number of hydrogen-bond acceptors (Lipinski definition) is 6. The van der Waals surface area contributed by atoms with Crippen LogP contribution in [0.5, 0.6) is 0 Å². The van der Waals surface area contributed by atoms with Gasteiger partial charge in [0.25, 0.3) is 0 Å². The fourth-order valence-electron chi connectivity index (χ4n) is 1.91. The van der Waals surface area contributed by atoms with Gasteiger partial charge in [0, 0.05) is 41.2 Å². The van der Waals surface area contributed by atoms with Crippen LogP contribution in [0.1, 0.15) is 18.9 Å². The van der Waals surface area contributed by atoms with Crippen LogP contribution in [0.4, 0.5) is 11.6 Å². The van der Waals surface area contributed by atoms with Crippen LogP contribution < -0.4 is 10.6 Å². The number of anilines is 2. The molecule has 0 spiro atoms. The van der Waals surface area contributed by atoms with E-state index in [4.69, 9.17) is 0 Å². The van der Waals surface area contributed by atoms with Crippen molar-refractivity contribution in [2.75, 3.05) is 41.0 Å². The van der Waals surface area contributed by atoms with E-state index in [1.165, 1.54) is 17.3 Å². The van der Waals surface area contributed by atoms with Gasteiger partial charge in [-0.3, -0.25) is 0 Å². The summed E-state index contributed by atoms with van der Waals surface area (Å²) < 4.78 is 0. The largest absolute Gasteiger partial charge is 0.370 e. The molecule has 2 rings (SSSR count). The summed E-state index contributed by atoms with van der Waals surface area (Å²) in [6.45, 7) is 6.17. The average molecular weight is 298 g/mol. The Labute approximate surface area is 123 Å². The van der Waals surface area contributed by atoms with Crippen molar-refractivity contribution < 1.29 is 0 Å². The Morgan fingerprint density at radius 3 is 2.74 bits per heavy atom. The summed E-state index contributed by atoms with van der Waals surface area (Å²) >= 11 is 4.11. The molecule has 1 fully saturated rings. The van der Waals surface area contributed by atoms with Crippen LogP contribution in [0, 0.1) is 6.92 Å². The summed E-state index contributed by atoms with van der Waals surface area (Å²) in [5.74, 6) is 5.71. The Morgan fingerprint density at radius 1 is 1.26 bits per heavy atom. The molecule has 106 valence electrons. The highest BCUT2D eigenvalue weighted by Gasteiger charge is 2.15. The van der Waals surface area contributed by atoms with Gasteiger partial charge in [0.2, 0.25) is 0 Å². The van der Waals surface area contributed by atoms with E-state index in [2.05, 4.69) is 58.0 Å². The fourth-order valence-corrected chi connectivity index (χ4v) is 4.53. The molecule has 0 saturated carbocycles. The third-order valence-electron chi connectivity index (χ3n) is 3.01. The van der Waals surface area contributed by atoms with Crippen molar-refractivity contribution in [3.05, 3.63) is 11.9 Å². The fraction of sp³-hybridized carbons (Fsp3) is 0.692. The van der Waals surface area contributed by atoms with Crippen LogP contribution in [0.15, 0.2) is 6.33 Å². The van der Waals surface area contributed by atoms with Gasteiger partial charge >= 0.3 is 0 Å². The quantitative estimate of drug-likeness (QED) is 0.842. The molecule has 19 heavy (non-hydrogen) atoms. The summed E-state index contributed by atoms with van der Waals surface area (Å²) in [6.07, 6.45) is 2.73. The molecule has 6 heteroatoms. The predicted octanol–water partition coefficient (Wildman–Crippen LogP) is 2.87. The minimum absolute atomic E-state index is 0.695. The van der Waals surface area contributed by atoms with Crippen molar-refractivity contribution >= 4 is 35.2 Å². The molecule has 2 N–H and O–H groups in total. The van der Waals surface area contributed by atoms with Crippen molar-refractivity contribution in [1.82, 2.24) is 9.97 Å². The maximum Gasteiger partial charge on any atom is 0.134 e. The smallest absolute Gasteiger partial charge is 0.134 e. The Bertz CT molecular complexity index is 394. The normalized spacial score (nSPS) is 19.2. The van der Waals surface area contributed by atoms with Gasteiger partial charge in [-0.1, -0.05) is 6.92 Å². The van der Waals surface area contributed by atoms with Crippen LogP contribution in [0.3, 0.4) is 0 Å². The van der Waals surface area contributed by atoms with Gasteiger partial charge in [0.05, 0.1) is 0 Å². The standard InChI is InChI=1S/C13H22N4S2/c1-3-4-14-12-10(2)13(17-9-16-12)15-7-11-8-18-5-6-19-11/h9,11H,3-8H2,1-2H3,(H2,14,15,16,17). The van der Waals surface area contributed by atoms with Gasteiger partial charge in [-0.25, -0.2) is 9.97 Å². The summed E-state index contributed by atoms with van der Waals surface area (Å²) in [7, 11) is 0. The maximum absolute atomic E-state index is 4.35. The van der Waals surface area contributed by atoms with Crippen LogP contribution in [0.25, 0.3) is 0 Å². The molecule has 1 aliphatic heterocycles. The number of nitrogens with zero attached hydrogens (tertiary/aromatic N) is 2. The average Bonchev–Trinajstić information content (AvgIpc) is 2.46. The van der Waals surface area contributed by atoms with Crippen molar-refractivity contribution in [2.24, 2.45) is 0 Å². The van der Waals surface area contributed by atoms with Gasteiger partial charge in [-0.2, -0.15) is 23.5 Å². The first kappa shape index (κ1) is 14.8. The minimum Gasteiger partial charge on any atom is -0.370 e. The molecule has 0 aliphatic carbocycles. The predicted molar refractivity (Wildman–Crippen MR) is 87.6 cm³/mol. The summed E-state index contributed by atoms with van der Waals surface area (Å²) in [5, 5.41) is 7.51. The lowest BCUT2D eigenvalue weighted by Gasteiger charge is -2.22. The van der Waals surface area contributed by atoms with Crippen molar-refractivity contribution in [2.45, 2.75) is 25.5 Å². The van der Waals surface area contributed by atoms with Gasteiger partial charge in [-0.15, -0.1) is 0 Å². The minimum atomic E-state index is 0.695. The highest BCUT2D eigenvalue weighted by Crippen LogP contribution is 2.25. The molecule has 0 aromatic carbocycles. The molecule has 1 aromatic rings. The first-order valence-corrected chi connectivity index (χ1v) is 9.00. The Balaban J connectivity index is 1.91. The molecule has 1 unspecified atom stereocenters. The lowest BCUT2D eigenvalue weighted by Crippen LogP contribution is -2.24. The van der Waals surface area contributed by atoms with E-state index >= 15 is 0 Å². The molecule has 0 amide bonds. The highest BCUT2D eigenvalue weighted by atomic mass is 32.2. The zero-order valence-corrected chi connectivity index (χ0v) is 13.2. The van der Waals surface area contributed by atoms with Crippen molar-refractivity contribution in [1.29, 1.82) is 0 Å². The summed E-state index contributed by atoms with van der Waals surface area (Å²) in [4.78, 5) is 8.65. The van der Waals surface area contributed by atoms with Crippen LogP contribution >= 0.6 is 23.5 Å². The molecule has 1 atom stereocenters. The van der Waals surface area contributed by atoms with Crippen molar-refractivity contribution in [3.8, 4) is 0 Å².